The molecule has 1 aliphatic heterocycles. The molecule has 2 heterocycles. The number of nitrogens with one attached hydrogen (secondary N) is 2. The number of aromatic nitrogens is 1. The van der Waals surface area contributed by atoms with Crippen LogP contribution in [0.2, 0.25) is 0 Å². The highest BCUT2D eigenvalue weighted by Gasteiger charge is 2.32. The number of hydrogen-bond acceptors (Lipinski definition) is 4. The minimum Gasteiger partial charge on any atom is -0.497 e. The SMILES string of the molecule is COc1ccc([C@@H]2NC(=O)NC(c3ccccc3)=C2c2nc3ccccc3s2)cc1. The number of carbonyl (C=O) groups is 1. The van der Waals surface area contributed by atoms with Crippen molar-refractivity contribution in [2.45, 2.75) is 6.04 Å². The number of para-hydroxylation sites is 1. The van der Waals surface area contributed by atoms with Crippen molar-refractivity contribution >= 4 is 38.9 Å². The highest BCUT2D eigenvalue weighted by molar-refractivity contribution is 7.19. The van der Waals surface area contributed by atoms with E-state index in [1.807, 2.05) is 72.8 Å². The maximum Gasteiger partial charge on any atom is 0.320 e. The summed E-state index contributed by atoms with van der Waals surface area (Å²) in [6.07, 6.45) is 0. The van der Waals surface area contributed by atoms with E-state index in [1.165, 1.54) is 0 Å². The highest BCUT2D eigenvalue weighted by Crippen LogP contribution is 2.41. The molecule has 1 aliphatic rings. The first-order valence-electron chi connectivity index (χ1n) is 9.60. The third-order valence-corrected chi connectivity index (χ3v) is 6.18. The van der Waals surface area contributed by atoms with Crippen molar-refractivity contribution in [3.05, 3.63) is 95.0 Å². The zero-order chi connectivity index (χ0) is 20.5. The number of hydrogen-bond donors (Lipinski definition) is 2. The van der Waals surface area contributed by atoms with Crippen LogP contribution in [0.3, 0.4) is 0 Å². The van der Waals surface area contributed by atoms with E-state index in [0.717, 1.165) is 43.4 Å². The number of thiazole rings is 1. The first kappa shape index (κ1) is 18.4. The third kappa shape index (κ3) is 3.31. The van der Waals surface area contributed by atoms with Crippen molar-refractivity contribution in [3.8, 4) is 5.75 Å². The molecule has 0 spiro atoms. The van der Waals surface area contributed by atoms with Crippen LogP contribution in [0.4, 0.5) is 4.79 Å². The molecule has 2 N–H and O–H groups in total. The van der Waals surface area contributed by atoms with Gasteiger partial charge in [-0.15, -0.1) is 11.3 Å². The number of benzene rings is 3. The van der Waals surface area contributed by atoms with E-state index >= 15 is 0 Å². The van der Waals surface area contributed by atoms with Crippen LogP contribution in [-0.4, -0.2) is 18.1 Å². The molecule has 0 saturated carbocycles. The van der Waals surface area contributed by atoms with Gasteiger partial charge in [-0.25, -0.2) is 9.78 Å². The van der Waals surface area contributed by atoms with Crippen LogP contribution in [0.1, 0.15) is 22.2 Å². The molecule has 1 aromatic heterocycles. The van der Waals surface area contributed by atoms with Crippen molar-refractivity contribution in [2.24, 2.45) is 0 Å². The molecule has 0 saturated heterocycles. The molecule has 0 radical (unpaired) electrons. The van der Waals surface area contributed by atoms with Gasteiger partial charge in [-0.2, -0.15) is 0 Å². The molecule has 0 fully saturated rings. The standard InChI is InChI=1S/C24H19N3O2S/c1-29-17-13-11-16(12-14-17)22-20(23-25-18-9-5-6-10-19(18)30-23)21(26-24(28)27-22)15-7-3-2-4-8-15/h2-14,22H,1H3,(H2,26,27,28)/t22-/m0/s1. The van der Waals surface area contributed by atoms with E-state index in [-0.39, 0.29) is 12.1 Å². The van der Waals surface area contributed by atoms with Gasteiger partial charge in [0.15, 0.2) is 0 Å². The number of urea groups is 1. The Balaban J connectivity index is 1.74. The quantitative estimate of drug-likeness (QED) is 0.482. The summed E-state index contributed by atoms with van der Waals surface area (Å²) in [5, 5.41) is 6.98. The van der Waals surface area contributed by atoms with Crippen molar-refractivity contribution in [1.29, 1.82) is 0 Å². The van der Waals surface area contributed by atoms with Crippen LogP contribution in [0.5, 0.6) is 5.75 Å². The van der Waals surface area contributed by atoms with Gasteiger partial charge in [0, 0.05) is 5.57 Å². The zero-order valence-electron chi connectivity index (χ0n) is 16.3. The molecule has 6 heteroatoms. The fourth-order valence-corrected chi connectivity index (χ4v) is 4.71. The van der Waals surface area contributed by atoms with Crippen LogP contribution in [0.25, 0.3) is 21.5 Å². The number of carbonyl (C=O) groups excluding carboxylic acids is 1. The first-order chi connectivity index (χ1) is 14.7. The number of ether oxygens (including phenoxy) is 1. The molecule has 3 aromatic carbocycles. The van der Waals surface area contributed by atoms with Crippen LogP contribution >= 0.6 is 11.3 Å². The third-order valence-electron chi connectivity index (χ3n) is 5.11. The van der Waals surface area contributed by atoms with E-state index in [2.05, 4.69) is 16.7 Å². The van der Waals surface area contributed by atoms with Gasteiger partial charge in [0.05, 0.1) is 29.1 Å². The number of amides is 2. The number of fused-ring (bicyclic) bond motifs is 1. The van der Waals surface area contributed by atoms with Gasteiger partial charge in [0.25, 0.3) is 0 Å². The fourth-order valence-electron chi connectivity index (χ4n) is 3.66. The Hall–Kier alpha value is -3.64. The van der Waals surface area contributed by atoms with Crippen LogP contribution in [0.15, 0.2) is 78.9 Å². The summed E-state index contributed by atoms with van der Waals surface area (Å²) in [6, 6.07) is 25.2. The second kappa shape index (κ2) is 7.65. The summed E-state index contributed by atoms with van der Waals surface area (Å²) in [6.45, 7) is 0. The molecule has 5 rings (SSSR count). The summed E-state index contributed by atoms with van der Waals surface area (Å²) in [5.74, 6) is 0.771. The normalized spacial score (nSPS) is 16.3. The molecular weight excluding hydrogens is 394 g/mol. The monoisotopic (exact) mass is 413 g/mol. The average molecular weight is 414 g/mol. The number of nitrogens with zero attached hydrogens (tertiary/aromatic N) is 1. The van der Waals surface area contributed by atoms with Gasteiger partial charge in [-0.3, -0.25) is 0 Å². The van der Waals surface area contributed by atoms with Gasteiger partial charge in [0.2, 0.25) is 0 Å². The zero-order valence-corrected chi connectivity index (χ0v) is 17.1. The molecule has 148 valence electrons. The number of methoxy groups -OCH3 is 1. The average Bonchev–Trinajstić information content (AvgIpc) is 3.23. The lowest BCUT2D eigenvalue weighted by atomic mass is 9.93. The van der Waals surface area contributed by atoms with Crippen LogP contribution in [-0.2, 0) is 0 Å². The second-order valence-corrected chi connectivity index (χ2v) is 7.98. The lowest BCUT2D eigenvalue weighted by Gasteiger charge is -2.30. The molecule has 2 amide bonds. The molecule has 30 heavy (non-hydrogen) atoms. The van der Waals surface area contributed by atoms with Crippen molar-refractivity contribution in [2.75, 3.05) is 7.11 Å². The van der Waals surface area contributed by atoms with Crippen molar-refractivity contribution in [3.63, 3.8) is 0 Å². The van der Waals surface area contributed by atoms with Gasteiger partial charge < -0.3 is 15.4 Å². The van der Waals surface area contributed by atoms with E-state index in [0.29, 0.717) is 0 Å². The largest absolute Gasteiger partial charge is 0.497 e. The molecular formula is C24H19N3O2S. The Kier molecular flexibility index (Phi) is 4.69. The molecule has 0 unspecified atom stereocenters. The topological polar surface area (TPSA) is 63.2 Å². The minimum absolute atomic E-state index is 0.237. The number of rotatable bonds is 4. The maximum absolute atomic E-state index is 12.6. The molecule has 4 aromatic rings. The minimum atomic E-state index is -0.333. The summed E-state index contributed by atoms with van der Waals surface area (Å²) < 4.78 is 6.41. The Labute approximate surface area is 178 Å². The molecule has 0 bridgehead atoms. The summed E-state index contributed by atoms with van der Waals surface area (Å²) in [4.78, 5) is 17.5. The summed E-state index contributed by atoms with van der Waals surface area (Å²) >= 11 is 1.62. The molecule has 1 atom stereocenters. The molecule has 5 nitrogen and oxygen atoms in total. The van der Waals surface area contributed by atoms with Crippen LogP contribution < -0.4 is 15.4 Å². The van der Waals surface area contributed by atoms with E-state index < -0.39 is 0 Å². The lowest BCUT2D eigenvalue weighted by molar-refractivity contribution is 0.242. The highest BCUT2D eigenvalue weighted by atomic mass is 32.1. The van der Waals surface area contributed by atoms with Crippen LogP contribution in [0, 0.1) is 0 Å². The van der Waals surface area contributed by atoms with Crippen molar-refractivity contribution < 1.29 is 9.53 Å². The Morgan fingerprint density at radius 3 is 2.40 bits per heavy atom. The second-order valence-electron chi connectivity index (χ2n) is 6.95. The van der Waals surface area contributed by atoms with E-state index in [9.17, 15) is 4.79 Å². The Morgan fingerprint density at radius 2 is 1.67 bits per heavy atom. The predicted molar refractivity (Wildman–Crippen MR) is 120 cm³/mol. The smallest absolute Gasteiger partial charge is 0.320 e. The van der Waals surface area contributed by atoms with Gasteiger partial charge in [-0.05, 0) is 35.4 Å². The van der Waals surface area contributed by atoms with Crippen molar-refractivity contribution in [1.82, 2.24) is 15.6 Å². The van der Waals surface area contributed by atoms with E-state index in [4.69, 9.17) is 9.72 Å². The molecule has 0 aliphatic carbocycles. The van der Waals surface area contributed by atoms with Gasteiger partial charge in [-0.1, -0.05) is 54.6 Å². The Morgan fingerprint density at radius 1 is 0.933 bits per heavy atom. The first-order valence-corrected chi connectivity index (χ1v) is 10.4. The van der Waals surface area contributed by atoms with Gasteiger partial charge in [0.1, 0.15) is 10.8 Å². The summed E-state index contributed by atoms with van der Waals surface area (Å²) in [5.41, 5.74) is 4.59. The fraction of sp³-hybridized carbons (Fsp3) is 0.0833. The van der Waals surface area contributed by atoms with E-state index in [1.54, 1.807) is 18.4 Å². The Bertz CT molecular complexity index is 1210. The van der Waals surface area contributed by atoms with Gasteiger partial charge >= 0.3 is 6.03 Å². The summed E-state index contributed by atoms with van der Waals surface area (Å²) in [7, 11) is 1.64. The predicted octanol–water partition coefficient (Wildman–Crippen LogP) is 5.23. The maximum atomic E-state index is 12.6. The lowest BCUT2D eigenvalue weighted by Crippen LogP contribution is -2.42.